The predicted octanol–water partition coefficient (Wildman–Crippen LogP) is 5.36. The third kappa shape index (κ3) is 1.92. The molecule has 0 N–H and O–H groups in total. The second-order valence-corrected chi connectivity index (χ2v) is 7.08. The van der Waals surface area contributed by atoms with Gasteiger partial charge in [0.2, 0.25) is 0 Å². The van der Waals surface area contributed by atoms with Gasteiger partial charge in [0.05, 0.1) is 5.70 Å². The number of para-hydroxylation sites is 1. The second-order valence-electron chi connectivity index (χ2n) is 7.08. The first kappa shape index (κ1) is 15.2. The number of carbonyl (C=O) groups excluding carboxylic acids is 1. The number of benzene rings is 2. The highest BCUT2D eigenvalue weighted by molar-refractivity contribution is 6.24. The van der Waals surface area contributed by atoms with Gasteiger partial charge in [0.1, 0.15) is 0 Å². The molecule has 0 spiro atoms. The molecule has 1 heterocycles. The van der Waals surface area contributed by atoms with Crippen LogP contribution in [0.2, 0.25) is 0 Å². The molecule has 0 aromatic heterocycles. The molecule has 24 heavy (non-hydrogen) atoms. The van der Waals surface area contributed by atoms with E-state index < -0.39 is 0 Å². The number of carbonyl (C=O) groups is 1. The van der Waals surface area contributed by atoms with E-state index >= 15 is 0 Å². The molecule has 0 saturated heterocycles. The maximum Gasteiger partial charge on any atom is 0.192 e. The van der Waals surface area contributed by atoms with E-state index in [-0.39, 0.29) is 11.7 Å². The van der Waals surface area contributed by atoms with Crippen molar-refractivity contribution in [2.75, 3.05) is 11.4 Å². The molecule has 1 atom stereocenters. The summed E-state index contributed by atoms with van der Waals surface area (Å²) in [6, 6.07) is 14.9. The first-order chi connectivity index (χ1) is 11.5. The van der Waals surface area contributed by atoms with Crippen LogP contribution in [0.3, 0.4) is 0 Å². The third-order valence-corrected chi connectivity index (χ3v) is 5.42. The highest BCUT2D eigenvalue weighted by atomic mass is 16.1. The van der Waals surface area contributed by atoms with E-state index in [0.29, 0.717) is 5.92 Å². The fourth-order valence-electron chi connectivity index (χ4n) is 4.11. The largest absolute Gasteiger partial charge is 0.341 e. The second kappa shape index (κ2) is 5.34. The zero-order valence-corrected chi connectivity index (χ0v) is 14.8. The van der Waals surface area contributed by atoms with E-state index in [2.05, 4.69) is 75.1 Å². The molecule has 2 aliphatic rings. The molecule has 1 unspecified atom stereocenters. The van der Waals surface area contributed by atoms with Crippen molar-refractivity contribution in [1.82, 2.24) is 0 Å². The van der Waals surface area contributed by atoms with Crippen molar-refractivity contribution >= 4 is 17.2 Å². The van der Waals surface area contributed by atoms with Crippen LogP contribution in [0.5, 0.6) is 0 Å². The molecule has 2 aromatic rings. The van der Waals surface area contributed by atoms with Crippen molar-refractivity contribution in [2.45, 2.75) is 39.5 Å². The summed E-state index contributed by atoms with van der Waals surface area (Å²) in [5.74, 6) is 0.780. The molecule has 122 valence electrons. The summed E-state index contributed by atoms with van der Waals surface area (Å²) in [4.78, 5) is 15.5. The van der Waals surface area contributed by atoms with Gasteiger partial charge in [-0.25, -0.2) is 0 Å². The van der Waals surface area contributed by atoms with Crippen molar-refractivity contribution in [3.05, 3.63) is 70.3 Å². The van der Waals surface area contributed by atoms with Crippen LogP contribution in [0.4, 0.5) is 5.69 Å². The first-order valence-corrected chi connectivity index (χ1v) is 8.84. The number of fused-ring (bicyclic) bond motifs is 3. The van der Waals surface area contributed by atoms with Gasteiger partial charge in [0, 0.05) is 34.9 Å². The zero-order valence-electron chi connectivity index (χ0n) is 14.8. The lowest BCUT2D eigenvalue weighted by molar-refractivity contribution is 0.103. The minimum Gasteiger partial charge on any atom is -0.341 e. The predicted molar refractivity (Wildman–Crippen MR) is 99.7 cm³/mol. The highest BCUT2D eigenvalue weighted by Crippen LogP contribution is 2.49. The summed E-state index contributed by atoms with van der Waals surface area (Å²) in [5.41, 5.74) is 7.79. The van der Waals surface area contributed by atoms with Crippen LogP contribution in [0, 0.1) is 0 Å². The fourth-order valence-corrected chi connectivity index (χ4v) is 4.11. The Kier molecular flexibility index (Phi) is 3.38. The van der Waals surface area contributed by atoms with E-state index in [1.54, 1.807) is 0 Å². The van der Waals surface area contributed by atoms with Gasteiger partial charge >= 0.3 is 0 Å². The van der Waals surface area contributed by atoms with E-state index in [4.69, 9.17) is 0 Å². The average molecular weight is 317 g/mol. The average Bonchev–Trinajstić information content (AvgIpc) is 2.88. The van der Waals surface area contributed by atoms with Crippen molar-refractivity contribution in [1.29, 1.82) is 0 Å². The summed E-state index contributed by atoms with van der Waals surface area (Å²) in [6.45, 7) is 9.52. The van der Waals surface area contributed by atoms with Gasteiger partial charge in [-0.2, -0.15) is 0 Å². The summed E-state index contributed by atoms with van der Waals surface area (Å²) in [5, 5.41) is 0. The number of hydrogen-bond donors (Lipinski definition) is 0. The number of nitrogens with zero attached hydrogens (tertiary/aromatic N) is 1. The highest BCUT2D eigenvalue weighted by Gasteiger charge is 2.40. The lowest BCUT2D eigenvalue weighted by Crippen LogP contribution is -2.28. The minimum absolute atomic E-state index is 0.140. The lowest BCUT2D eigenvalue weighted by Gasteiger charge is -2.35. The Balaban J connectivity index is 1.94. The Morgan fingerprint density at radius 3 is 2.54 bits per heavy atom. The number of allylic oxidation sites excluding steroid dienone is 1. The van der Waals surface area contributed by atoms with Gasteiger partial charge in [-0.3, -0.25) is 4.79 Å². The van der Waals surface area contributed by atoms with Gasteiger partial charge in [-0.1, -0.05) is 51.1 Å². The minimum atomic E-state index is 0.140. The van der Waals surface area contributed by atoms with E-state index in [0.717, 1.165) is 28.9 Å². The Morgan fingerprint density at radius 1 is 1.08 bits per heavy atom. The molecule has 0 radical (unpaired) electrons. The van der Waals surface area contributed by atoms with E-state index in [1.165, 1.54) is 16.8 Å². The van der Waals surface area contributed by atoms with Crippen LogP contribution in [0.1, 0.15) is 66.6 Å². The summed E-state index contributed by atoms with van der Waals surface area (Å²) >= 11 is 0. The number of ketones is 1. The van der Waals surface area contributed by atoms with Gasteiger partial charge in [0.15, 0.2) is 5.78 Å². The molecule has 1 aliphatic carbocycles. The molecule has 2 aromatic carbocycles. The van der Waals surface area contributed by atoms with Crippen LogP contribution in [0.25, 0.3) is 5.70 Å². The molecule has 0 bridgehead atoms. The van der Waals surface area contributed by atoms with Crippen LogP contribution < -0.4 is 4.90 Å². The normalized spacial score (nSPS) is 18.8. The monoisotopic (exact) mass is 317 g/mol. The number of hydrogen-bond acceptors (Lipinski definition) is 2. The molecule has 1 aliphatic heterocycles. The summed E-state index contributed by atoms with van der Waals surface area (Å²) in [6.07, 6.45) is 0. The lowest BCUT2D eigenvalue weighted by atomic mass is 9.85. The molecular formula is C22H23NO. The van der Waals surface area contributed by atoms with Crippen molar-refractivity contribution in [3.8, 4) is 0 Å². The third-order valence-electron chi connectivity index (χ3n) is 5.42. The topological polar surface area (TPSA) is 20.3 Å². The first-order valence-electron chi connectivity index (χ1n) is 8.84. The number of anilines is 1. The maximum absolute atomic E-state index is 13.2. The Bertz CT molecular complexity index is 875. The molecule has 0 amide bonds. The van der Waals surface area contributed by atoms with E-state index in [9.17, 15) is 4.79 Å². The Morgan fingerprint density at radius 2 is 1.83 bits per heavy atom. The molecule has 0 saturated carbocycles. The SMILES string of the molecule is CCN1C2=C(C(=O)c3cc(C(C)C)ccc32)C(C)c2ccccc21. The van der Waals surface area contributed by atoms with Crippen LogP contribution in [-0.4, -0.2) is 12.3 Å². The summed E-state index contributed by atoms with van der Waals surface area (Å²) in [7, 11) is 0. The zero-order chi connectivity index (χ0) is 17.0. The maximum atomic E-state index is 13.2. The fraction of sp³-hybridized carbons (Fsp3) is 0.318. The van der Waals surface area contributed by atoms with E-state index in [1.807, 2.05) is 0 Å². The summed E-state index contributed by atoms with van der Waals surface area (Å²) < 4.78 is 0. The molecular weight excluding hydrogens is 294 g/mol. The standard InChI is InChI=1S/C22H23NO/c1-5-23-19-9-7-6-8-16(19)14(4)20-21(23)17-11-10-15(13(2)3)12-18(17)22(20)24/h6-14H,5H2,1-4H3. The number of Topliss-reactive ketones (excluding diaryl/α,β-unsaturated/α-hetero) is 1. The molecule has 4 rings (SSSR count). The molecule has 2 nitrogen and oxygen atoms in total. The smallest absolute Gasteiger partial charge is 0.192 e. The van der Waals surface area contributed by atoms with Crippen LogP contribution >= 0.6 is 0 Å². The van der Waals surface area contributed by atoms with Crippen molar-refractivity contribution in [3.63, 3.8) is 0 Å². The molecule has 0 fully saturated rings. The number of rotatable bonds is 2. The van der Waals surface area contributed by atoms with Gasteiger partial charge in [-0.15, -0.1) is 0 Å². The van der Waals surface area contributed by atoms with Crippen molar-refractivity contribution in [2.24, 2.45) is 0 Å². The van der Waals surface area contributed by atoms with Crippen LogP contribution in [0.15, 0.2) is 48.0 Å². The van der Waals surface area contributed by atoms with Gasteiger partial charge in [-0.05, 0) is 36.1 Å². The van der Waals surface area contributed by atoms with Crippen molar-refractivity contribution < 1.29 is 4.79 Å². The molecule has 2 heteroatoms. The van der Waals surface area contributed by atoms with Gasteiger partial charge < -0.3 is 4.90 Å². The Labute approximate surface area is 143 Å². The quantitative estimate of drug-likeness (QED) is 0.743. The van der Waals surface area contributed by atoms with Crippen LogP contribution in [-0.2, 0) is 0 Å². The van der Waals surface area contributed by atoms with Gasteiger partial charge in [0.25, 0.3) is 0 Å². The Hall–Kier alpha value is -2.35.